The van der Waals surface area contributed by atoms with Crippen LogP contribution in [0.3, 0.4) is 0 Å². The van der Waals surface area contributed by atoms with Gasteiger partial charge in [-0.05, 0) is 118 Å². The lowest BCUT2D eigenvalue weighted by Gasteiger charge is -2.57. The van der Waals surface area contributed by atoms with Gasteiger partial charge in [0.2, 0.25) is 11.8 Å². The predicted molar refractivity (Wildman–Crippen MR) is 209 cm³/mol. The molecule has 12 nitrogen and oxygen atoms in total. The number of ether oxygens (including phenoxy) is 2. The number of allylic oxidation sites excluding steroid dienone is 1. The van der Waals surface area contributed by atoms with Crippen molar-refractivity contribution in [1.82, 2.24) is 20.7 Å². The van der Waals surface area contributed by atoms with Crippen molar-refractivity contribution < 1.29 is 38.0 Å². The van der Waals surface area contributed by atoms with Gasteiger partial charge in [-0.3, -0.25) is 24.0 Å². The van der Waals surface area contributed by atoms with Crippen LogP contribution in [-0.4, -0.2) is 82.5 Å². The van der Waals surface area contributed by atoms with Crippen LogP contribution in [0.4, 0.5) is 0 Å². The zero-order chi connectivity index (χ0) is 39.2. The van der Waals surface area contributed by atoms with Crippen molar-refractivity contribution in [2.45, 2.75) is 115 Å². The first kappa shape index (κ1) is 38.7. The summed E-state index contributed by atoms with van der Waals surface area (Å²) in [7, 11) is 0. The van der Waals surface area contributed by atoms with Gasteiger partial charge in [-0.15, -0.1) is 11.8 Å². The molecule has 2 saturated heterocycles. The van der Waals surface area contributed by atoms with E-state index in [4.69, 9.17) is 14.0 Å². The van der Waals surface area contributed by atoms with Crippen molar-refractivity contribution in [3.05, 3.63) is 47.2 Å². The second-order valence-electron chi connectivity index (χ2n) is 17.2. The molecule has 3 saturated carbocycles. The predicted octanol–water partition coefficient (Wildman–Crippen LogP) is 6.16. The summed E-state index contributed by atoms with van der Waals surface area (Å²) in [5, 5.41) is 9.88. The Morgan fingerprint density at radius 1 is 1.00 bits per heavy atom. The minimum Gasteiger partial charge on any atom is -0.493 e. The molecule has 2 N–H and O–H groups in total. The van der Waals surface area contributed by atoms with Crippen LogP contribution in [0.5, 0.6) is 5.75 Å². The molecule has 56 heavy (non-hydrogen) atoms. The first-order chi connectivity index (χ1) is 27.0. The first-order valence-electron chi connectivity index (χ1n) is 20.6. The lowest BCUT2D eigenvalue weighted by Crippen LogP contribution is -2.67. The average Bonchev–Trinajstić information content (AvgIpc) is 3.89. The van der Waals surface area contributed by atoms with Gasteiger partial charge in [-0.2, -0.15) is 0 Å². The van der Waals surface area contributed by atoms with Crippen LogP contribution in [0.1, 0.15) is 107 Å². The third kappa shape index (κ3) is 7.17. The number of fused-ring (bicyclic) bond motifs is 6. The van der Waals surface area contributed by atoms with Crippen LogP contribution in [0.15, 0.2) is 40.4 Å². The van der Waals surface area contributed by atoms with Crippen molar-refractivity contribution in [3.8, 4) is 17.0 Å². The van der Waals surface area contributed by atoms with Crippen molar-refractivity contribution in [1.29, 1.82) is 0 Å². The number of hydrogen-bond donors (Lipinski definition) is 2. The average molecular weight is 787 g/mol. The first-order valence-corrected chi connectivity index (χ1v) is 21.6. The SMILES string of the molecule is Cc1onc(-c2ccc(OCCC(=O)NCCCCC(=O)OC3CCC4C5CCC6=CC(=O)CCC6(C)C5CCC34C)cc2)c1C(=O)NC1C(=O)N2CCSC12. The molecule has 1 aromatic carbocycles. The van der Waals surface area contributed by atoms with Crippen LogP contribution >= 0.6 is 11.8 Å². The molecule has 1 aromatic heterocycles. The summed E-state index contributed by atoms with van der Waals surface area (Å²) in [6.45, 7) is 7.81. The van der Waals surface area contributed by atoms with Crippen LogP contribution in [0, 0.1) is 35.5 Å². The Hall–Kier alpha value is -4.13. The second-order valence-corrected chi connectivity index (χ2v) is 18.4. The lowest BCUT2D eigenvalue weighted by molar-refractivity contribution is -0.160. The van der Waals surface area contributed by atoms with Gasteiger partial charge in [0.15, 0.2) is 5.78 Å². The fraction of sp³-hybridized carbons (Fsp3) is 0.628. The maximum absolute atomic E-state index is 13.2. The molecular weight excluding hydrogens is 733 g/mol. The minimum atomic E-state index is -0.543. The summed E-state index contributed by atoms with van der Waals surface area (Å²) < 4.78 is 17.3. The van der Waals surface area contributed by atoms with E-state index in [1.54, 1.807) is 47.9 Å². The summed E-state index contributed by atoms with van der Waals surface area (Å²) in [5.41, 5.74) is 2.89. The number of benzene rings is 1. The molecule has 3 amide bonds. The molecule has 6 aliphatic rings. The molecule has 8 atom stereocenters. The largest absolute Gasteiger partial charge is 0.493 e. The summed E-state index contributed by atoms with van der Waals surface area (Å²) in [5.74, 6) is 3.20. The number of ketones is 1. The van der Waals surface area contributed by atoms with Gasteiger partial charge in [0.05, 0.1) is 13.0 Å². The van der Waals surface area contributed by atoms with E-state index < -0.39 is 11.9 Å². The van der Waals surface area contributed by atoms with E-state index in [0.717, 1.165) is 50.7 Å². The molecule has 2 aromatic rings. The Morgan fingerprint density at radius 3 is 2.64 bits per heavy atom. The Morgan fingerprint density at radius 2 is 1.82 bits per heavy atom. The van der Waals surface area contributed by atoms with Gasteiger partial charge in [0, 0.05) is 42.7 Å². The van der Waals surface area contributed by atoms with Gasteiger partial charge >= 0.3 is 5.97 Å². The normalized spacial score (nSPS) is 31.6. The third-order valence-corrected chi connectivity index (χ3v) is 15.4. The topological polar surface area (TPSA) is 157 Å². The van der Waals surface area contributed by atoms with E-state index in [9.17, 15) is 24.0 Å². The fourth-order valence-electron chi connectivity index (χ4n) is 11.0. The molecule has 5 fully saturated rings. The highest BCUT2D eigenvalue weighted by Crippen LogP contribution is 2.65. The summed E-state index contributed by atoms with van der Waals surface area (Å²) in [4.78, 5) is 65.0. The molecule has 8 rings (SSSR count). The Labute approximate surface area is 332 Å². The van der Waals surface area contributed by atoms with Gasteiger partial charge in [-0.1, -0.05) is 24.6 Å². The number of rotatable bonds is 13. The number of nitrogens with zero attached hydrogens (tertiary/aromatic N) is 2. The molecule has 300 valence electrons. The number of carbonyl (C=O) groups is 5. The van der Waals surface area contributed by atoms with Gasteiger partial charge in [-0.25, -0.2) is 0 Å². The number of unbranched alkanes of at least 4 members (excludes halogenated alkanes) is 1. The lowest BCUT2D eigenvalue weighted by atomic mass is 9.47. The van der Waals surface area contributed by atoms with E-state index in [2.05, 4.69) is 29.6 Å². The zero-order valence-electron chi connectivity index (χ0n) is 32.7. The van der Waals surface area contributed by atoms with Crippen LogP contribution in [-0.2, 0) is 23.9 Å². The highest BCUT2D eigenvalue weighted by atomic mass is 32.2. The van der Waals surface area contributed by atoms with E-state index in [-0.39, 0.29) is 53.1 Å². The standard InChI is InChI=1S/C43H54N4O8S/c1-25-36(39(51)45-38-40(52)47-21-23-56-41(38)47)37(46-55-25)26-7-10-29(11-8-26)53-22-17-34(49)44-20-5-4-6-35(50)54-33-14-13-31-30-12-9-27-24-28(48)15-18-42(27,2)32(30)16-19-43(31,33)3/h7-8,10-11,24,30-33,38,41H,4-6,9,12-23H2,1-3H3,(H,44,49)(H,45,51). The molecule has 13 heteroatoms. The summed E-state index contributed by atoms with van der Waals surface area (Å²) in [6.07, 6.45) is 11.9. The molecule has 0 spiro atoms. The maximum Gasteiger partial charge on any atom is 0.306 e. The van der Waals surface area contributed by atoms with Crippen molar-refractivity contribution in [2.24, 2.45) is 28.6 Å². The van der Waals surface area contributed by atoms with Gasteiger partial charge < -0.3 is 29.5 Å². The Balaban J connectivity index is 0.724. The maximum atomic E-state index is 13.2. The number of nitrogens with one attached hydrogen (secondary N) is 2. The van der Waals surface area contributed by atoms with Crippen molar-refractivity contribution in [2.75, 3.05) is 25.4 Å². The number of aromatic nitrogens is 1. The Kier molecular flexibility index (Phi) is 10.8. The molecule has 0 bridgehead atoms. The van der Waals surface area contributed by atoms with E-state index in [0.29, 0.717) is 90.6 Å². The fourth-order valence-corrected chi connectivity index (χ4v) is 12.3. The second kappa shape index (κ2) is 15.7. The zero-order valence-corrected chi connectivity index (χ0v) is 33.5. The third-order valence-electron chi connectivity index (χ3n) is 14.1. The molecule has 2 aliphatic heterocycles. The number of β-lactam (4-membered cyclic amide) rings is 1. The minimum absolute atomic E-state index is 0.0185. The van der Waals surface area contributed by atoms with Crippen LogP contribution < -0.4 is 15.4 Å². The monoisotopic (exact) mass is 786 g/mol. The number of thioether (sulfide) groups is 1. The van der Waals surface area contributed by atoms with Crippen LogP contribution in [0.2, 0.25) is 0 Å². The van der Waals surface area contributed by atoms with Crippen LogP contribution in [0.25, 0.3) is 11.3 Å². The van der Waals surface area contributed by atoms with E-state index in [1.807, 2.05) is 6.08 Å². The molecule has 8 unspecified atom stereocenters. The molecule has 3 heterocycles. The number of aryl methyl sites for hydroxylation is 1. The van der Waals surface area contributed by atoms with Gasteiger partial charge in [0.25, 0.3) is 5.91 Å². The highest BCUT2D eigenvalue weighted by Gasteiger charge is 2.60. The summed E-state index contributed by atoms with van der Waals surface area (Å²) >= 11 is 1.67. The van der Waals surface area contributed by atoms with Crippen molar-refractivity contribution >= 4 is 41.2 Å². The number of amides is 3. The number of hydrogen-bond acceptors (Lipinski definition) is 10. The smallest absolute Gasteiger partial charge is 0.306 e. The number of esters is 1. The molecular formula is C43H54N4O8S. The van der Waals surface area contributed by atoms with Crippen molar-refractivity contribution in [3.63, 3.8) is 0 Å². The van der Waals surface area contributed by atoms with E-state index >= 15 is 0 Å². The quantitative estimate of drug-likeness (QED) is 0.137. The Bertz CT molecular complexity index is 1910. The van der Waals surface area contributed by atoms with E-state index in [1.165, 1.54) is 5.57 Å². The van der Waals surface area contributed by atoms with Gasteiger partial charge in [0.1, 0.15) is 40.3 Å². The number of carbonyl (C=O) groups excluding carboxylic acids is 5. The molecule has 0 radical (unpaired) electrons. The highest BCUT2D eigenvalue weighted by molar-refractivity contribution is 8.00. The summed E-state index contributed by atoms with van der Waals surface area (Å²) in [6, 6.07) is 6.51. The molecule has 4 aliphatic carbocycles.